The van der Waals surface area contributed by atoms with Gasteiger partial charge in [-0.15, -0.1) is 0 Å². The zero-order valence-electron chi connectivity index (χ0n) is 17.3. The highest BCUT2D eigenvalue weighted by molar-refractivity contribution is 6.05. The molecular weight excluding hydrogens is 445 g/mol. The molecule has 0 spiro atoms. The van der Waals surface area contributed by atoms with Crippen molar-refractivity contribution in [1.82, 2.24) is 15.3 Å². The van der Waals surface area contributed by atoms with Gasteiger partial charge in [0.05, 0.1) is 24.4 Å². The second kappa shape index (κ2) is 8.56. The Morgan fingerprint density at radius 2 is 2.00 bits per heavy atom. The molecule has 4 rings (SSSR count). The van der Waals surface area contributed by atoms with E-state index < -0.39 is 30.6 Å². The molecule has 0 aromatic carbocycles. The number of nitrogens with one attached hydrogen (secondary N) is 2. The molecule has 4 heterocycles. The molecule has 2 aliphatic heterocycles. The van der Waals surface area contributed by atoms with E-state index in [0.29, 0.717) is 25.2 Å². The fourth-order valence-electron chi connectivity index (χ4n) is 3.75. The van der Waals surface area contributed by atoms with Crippen molar-refractivity contribution >= 4 is 35.2 Å². The molecule has 2 aliphatic rings. The molecule has 13 heteroatoms. The standard InChI is InChI=1S/C20H19F3N6O4/c1-33-18(31)11-2-5-15(24-8-11)27-19(32)29-12-6-7-28(9-12)14-4-3-13(26-16(14)29)17(30)25-10-20(21,22)23/h2-5,8,12H,6-7,9-10H2,1H3,(H,25,30)(H,24,27,32). The molecule has 1 saturated heterocycles. The van der Waals surface area contributed by atoms with Gasteiger partial charge in [0.15, 0.2) is 5.82 Å². The molecule has 2 bridgehead atoms. The van der Waals surface area contributed by atoms with E-state index in [-0.39, 0.29) is 28.9 Å². The average molecular weight is 464 g/mol. The minimum absolute atomic E-state index is 0.173. The Bertz CT molecular complexity index is 1090. The van der Waals surface area contributed by atoms with Gasteiger partial charge in [0.25, 0.3) is 5.91 Å². The summed E-state index contributed by atoms with van der Waals surface area (Å²) in [5.41, 5.74) is 0.570. The fourth-order valence-corrected chi connectivity index (χ4v) is 3.75. The molecule has 0 radical (unpaired) electrons. The zero-order valence-corrected chi connectivity index (χ0v) is 17.3. The van der Waals surface area contributed by atoms with Crippen LogP contribution in [0, 0.1) is 0 Å². The molecule has 2 aromatic heterocycles. The second-order valence-corrected chi connectivity index (χ2v) is 7.45. The first kappa shape index (κ1) is 22.3. The third kappa shape index (κ3) is 4.66. The Morgan fingerprint density at radius 3 is 2.67 bits per heavy atom. The summed E-state index contributed by atoms with van der Waals surface area (Å²) in [6.07, 6.45) is -2.66. The van der Waals surface area contributed by atoms with E-state index in [1.807, 2.05) is 4.90 Å². The number of fused-ring (bicyclic) bond motifs is 4. The van der Waals surface area contributed by atoms with Crippen molar-refractivity contribution in [3.63, 3.8) is 0 Å². The van der Waals surface area contributed by atoms with Crippen molar-refractivity contribution in [1.29, 1.82) is 0 Å². The van der Waals surface area contributed by atoms with Gasteiger partial charge in [-0.25, -0.2) is 19.6 Å². The highest BCUT2D eigenvalue weighted by Gasteiger charge is 2.40. The van der Waals surface area contributed by atoms with Gasteiger partial charge in [-0.05, 0) is 30.7 Å². The Hall–Kier alpha value is -3.90. The SMILES string of the molecule is COC(=O)c1ccc(NC(=O)N2c3nc(C(=O)NCC(F)(F)F)ccc3N3CCC2C3)nc1. The number of amides is 3. The van der Waals surface area contributed by atoms with Gasteiger partial charge < -0.3 is 15.0 Å². The number of methoxy groups -OCH3 is 1. The molecule has 33 heavy (non-hydrogen) atoms. The van der Waals surface area contributed by atoms with E-state index in [1.165, 1.54) is 36.4 Å². The Labute approximate surface area is 185 Å². The summed E-state index contributed by atoms with van der Waals surface area (Å²) >= 11 is 0. The van der Waals surface area contributed by atoms with E-state index in [0.717, 1.165) is 0 Å². The van der Waals surface area contributed by atoms with E-state index in [1.54, 1.807) is 11.4 Å². The van der Waals surface area contributed by atoms with Crippen LogP contribution in [0.5, 0.6) is 0 Å². The summed E-state index contributed by atoms with van der Waals surface area (Å²) in [7, 11) is 1.24. The number of hydrogen-bond donors (Lipinski definition) is 2. The van der Waals surface area contributed by atoms with Crippen LogP contribution in [0.15, 0.2) is 30.5 Å². The lowest BCUT2D eigenvalue weighted by Crippen LogP contribution is -2.48. The number of hydrogen-bond acceptors (Lipinski definition) is 7. The van der Waals surface area contributed by atoms with Crippen LogP contribution >= 0.6 is 0 Å². The lowest BCUT2D eigenvalue weighted by molar-refractivity contribution is -0.123. The molecule has 1 unspecified atom stereocenters. The van der Waals surface area contributed by atoms with Gasteiger partial charge in [-0.3, -0.25) is 15.0 Å². The van der Waals surface area contributed by atoms with Gasteiger partial charge in [-0.2, -0.15) is 13.2 Å². The first-order chi connectivity index (χ1) is 15.7. The fraction of sp³-hybridized carbons (Fsp3) is 0.350. The summed E-state index contributed by atoms with van der Waals surface area (Å²) in [5.74, 6) is -1.22. The Balaban J connectivity index is 1.57. The number of carbonyl (C=O) groups is 3. The molecule has 0 saturated carbocycles. The van der Waals surface area contributed by atoms with Crippen LogP contribution in [0.25, 0.3) is 0 Å². The van der Waals surface area contributed by atoms with E-state index in [4.69, 9.17) is 0 Å². The third-order valence-corrected chi connectivity index (χ3v) is 5.27. The van der Waals surface area contributed by atoms with Crippen LogP contribution < -0.4 is 20.4 Å². The second-order valence-electron chi connectivity index (χ2n) is 7.45. The largest absolute Gasteiger partial charge is 0.465 e. The third-order valence-electron chi connectivity index (χ3n) is 5.27. The van der Waals surface area contributed by atoms with Gasteiger partial charge >= 0.3 is 18.2 Å². The summed E-state index contributed by atoms with van der Waals surface area (Å²) in [4.78, 5) is 48.5. The molecule has 0 aliphatic carbocycles. The lowest BCUT2D eigenvalue weighted by Gasteiger charge is -2.35. The highest BCUT2D eigenvalue weighted by Crippen LogP contribution is 2.39. The molecule has 10 nitrogen and oxygen atoms in total. The van der Waals surface area contributed by atoms with E-state index in [2.05, 4.69) is 20.0 Å². The minimum Gasteiger partial charge on any atom is -0.465 e. The van der Waals surface area contributed by atoms with Gasteiger partial charge in [0.2, 0.25) is 0 Å². The maximum Gasteiger partial charge on any atom is 0.405 e. The van der Waals surface area contributed by atoms with E-state index >= 15 is 0 Å². The summed E-state index contributed by atoms with van der Waals surface area (Å²) in [6.45, 7) is -0.276. The Kier molecular flexibility index (Phi) is 5.78. The summed E-state index contributed by atoms with van der Waals surface area (Å²) in [5, 5.41) is 4.41. The van der Waals surface area contributed by atoms with Crippen LogP contribution in [0.4, 0.5) is 35.3 Å². The van der Waals surface area contributed by atoms with Crippen molar-refractivity contribution in [2.24, 2.45) is 0 Å². The maximum atomic E-state index is 13.1. The lowest BCUT2D eigenvalue weighted by atomic mass is 10.1. The normalized spacial score (nSPS) is 16.8. The molecular formula is C20H19F3N6O4. The first-order valence-electron chi connectivity index (χ1n) is 9.92. The number of esters is 1. The number of halogens is 3. The summed E-state index contributed by atoms with van der Waals surface area (Å²) in [6, 6.07) is 4.96. The molecule has 1 fully saturated rings. The molecule has 1 atom stereocenters. The maximum absolute atomic E-state index is 13.1. The number of aromatic nitrogens is 2. The Morgan fingerprint density at radius 1 is 1.21 bits per heavy atom. The quantitative estimate of drug-likeness (QED) is 0.667. The average Bonchev–Trinajstić information content (AvgIpc) is 3.20. The van der Waals surface area contributed by atoms with Crippen LogP contribution in [0.3, 0.4) is 0 Å². The van der Waals surface area contributed by atoms with Crippen LogP contribution in [-0.2, 0) is 4.74 Å². The number of rotatable bonds is 4. The topological polar surface area (TPSA) is 117 Å². The van der Waals surface area contributed by atoms with Crippen molar-refractivity contribution in [3.8, 4) is 0 Å². The predicted octanol–water partition coefficient (Wildman–Crippen LogP) is 2.19. The van der Waals surface area contributed by atoms with Crippen LogP contribution in [0.2, 0.25) is 0 Å². The van der Waals surface area contributed by atoms with Crippen molar-refractivity contribution in [2.75, 3.05) is 41.9 Å². The van der Waals surface area contributed by atoms with E-state index in [9.17, 15) is 27.6 Å². The first-order valence-corrected chi connectivity index (χ1v) is 9.92. The van der Waals surface area contributed by atoms with Crippen molar-refractivity contribution < 1.29 is 32.3 Å². The molecule has 2 aromatic rings. The number of urea groups is 1. The minimum atomic E-state index is -4.56. The number of alkyl halides is 3. The number of pyridine rings is 2. The van der Waals surface area contributed by atoms with Crippen molar-refractivity contribution in [3.05, 3.63) is 41.7 Å². The molecule has 3 amide bonds. The number of carbonyl (C=O) groups excluding carboxylic acids is 3. The highest BCUT2D eigenvalue weighted by atomic mass is 19.4. The molecule has 174 valence electrons. The zero-order chi connectivity index (χ0) is 23.8. The monoisotopic (exact) mass is 464 g/mol. The van der Waals surface area contributed by atoms with Crippen LogP contribution in [0.1, 0.15) is 27.3 Å². The van der Waals surface area contributed by atoms with Crippen LogP contribution in [-0.4, -0.2) is 66.8 Å². The number of anilines is 3. The van der Waals surface area contributed by atoms with Gasteiger partial charge in [0, 0.05) is 19.3 Å². The summed E-state index contributed by atoms with van der Waals surface area (Å²) < 4.78 is 41.9. The number of nitrogens with zero attached hydrogens (tertiary/aromatic N) is 4. The smallest absolute Gasteiger partial charge is 0.405 e. The number of ether oxygens (including phenoxy) is 1. The van der Waals surface area contributed by atoms with Gasteiger partial charge in [0.1, 0.15) is 18.1 Å². The molecule has 2 N–H and O–H groups in total. The predicted molar refractivity (Wildman–Crippen MR) is 110 cm³/mol. The van der Waals surface area contributed by atoms with Gasteiger partial charge in [-0.1, -0.05) is 0 Å². The van der Waals surface area contributed by atoms with Crippen molar-refractivity contribution in [2.45, 2.75) is 18.6 Å².